The molecule has 0 saturated carbocycles. The van der Waals surface area contributed by atoms with Crippen molar-refractivity contribution in [2.75, 3.05) is 0 Å². The maximum atomic E-state index is 11.2. The van der Waals surface area contributed by atoms with Crippen molar-refractivity contribution in [2.45, 2.75) is 26.4 Å². The highest BCUT2D eigenvalue weighted by molar-refractivity contribution is 6.30. The predicted molar refractivity (Wildman–Crippen MR) is 68.4 cm³/mol. The van der Waals surface area contributed by atoms with Gasteiger partial charge >= 0.3 is 6.09 Å². The topological polar surface area (TPSA) is 50.7 Å². The largest absolute Gasteiger partial charge is 0.443 e. The molecule has 0 spiro atoms. The number of halogens is 1. The molecule has 0 heterocycles. The maximum Gasteiger partial charge on any atom is 0.428 e. The number of benzene rings is 1. The van der Waals surface area contributed by atoms with Crippen LogP contribution in [0.4, 0.5) is 4.79 Å². The van der Waals surface area contributed by atoms with Gasteiger partial charge in [0, 0.05) is 5.02 Å². The number of hydrazone groups is 1. The van der Waals surface area contributed by atoms with Crippen LogP contribution >= 0.6 is 11.6 Å². The molecule has 0 radical (unpaired) electrons. The lowest BCUT2D eigenvalue weighted by molar-refractivity contribution is 0.0529. The Bertz CT molecular complexity index is 408. The van der Waals surface area contributed by atoms with Gasteiger partial charge in [0.2, 0.25) is 0 Å². The molecule has 92 valence electrons. The summed E-state index contributed by atoms with van der Waals surface area (Å²) in [7, 11) is 0. The molecule has 1 aromatic rings. The van der Waals surface area contributed by atoms with E-state index in [4.69, 9.17) is 16.3 Å². The molecule has 0 unspecified atom stereocenters. The fourth-order valence-electron chi connectivity index (χ4n) is 1.01. The number of nitrogens with zero attached hydrogens (tertiary/aromatic N) is 1. The Morgan fingerprint density at radius 3 is 2.47 bits per heavy atom. The van der Waals surface area contributed by atoms with Crippen LogP contribution < -0.4 is 5.43 Å². The number of rotatable bonds is 2. The molecule has 0 aliphatic heterocycles. The van der Waals surface area contributed by atoms with Crippen LogP contribution in [0.15, 0.2) is 29.4 Å². The summed E-state index contributed by atoms with van der Waals surface area (Å²) in [5, 5.41) is 4.42. The monoisotopic (exact) mass is 254 g/mol. The number of ether oxygens (including phenoxy) is 1. The van der Waals surface area contributed by atoms with Crippen molar-refractivity contribution < 1.29 is 9.53 Å². The Labute approximate surface area is 106 Å². The zero-order chi connectivity index (χ0) is 12.9. The van der Waals surface area contributed by atoms with Crippen LogP contribution in [0.1, 0.15) is 26.3 Å². The molecule has 1 rings (SSSR count). The van der Waals surface area contributed by atoms with Gasteiger partial charge in [-0.05, 0) is 38.5 Å². The Hall–Kier alpha value is -1.55. The molecule has 4 nitrogen and oxygen atoms in total. The Morgan fingerprint density at radius 1 is 1.35 bits per heavy atom. The number of hydrogen-bond donors (Lipinski definition) is 1. The summed E-state index contributed by atoms with van der Waals surface area (Å²) in [5.41, 5.74) is 2.59. The highest BCUT2D eigenvalue weighted by atomic mass is 35.5. The summed E-state index contributed by atoms with van der Waals surface area (Å²) >= 11 is 5.73. The maximum absolute atomic E-state index is 11.2. The van der Waals surface area contributed by atoms with Crippen LogP contribution in [0.5, 0.6) is 0 Å². The molecule has 0 fully saturated rings. The number of carbonyl (C=O) groups is 1. The second-order valence-corrected chi connectivity index (χ2v) is 4.86. The van der Waals surface area contributed by atoms with E-state index in [9.17, 15) is 4.79 Å². The van der Waals surface area contributed by atoms with Crippen LogP contribution in [0, 0.1) is 0 Å². The molecule has 0 aromatic heterocycles. The molecular formula is C12H15ClN2O2. The molecule has 5 heteroatoms. The zero-order valence-electron chi connectivity index (χ0n) is 10.0. The van der Waals surface area contributed by atoms with Gasteiger partial charge < -0.3 is 4.74 Å². The third-order valence-electron chi connectivity index (χ3n) is 1.64. The predicted octanol–water partition coefficient (Wildman–Crippen LogP) is 3.20. The molecule has 1 amide bonds. The minimum Gasteiger partial charge on any atom is -0.443 e. The van der Waals surface area contributed by atoms with Crippen molar-refractivity contribution in [1.29, 1.82) is 0 Å². The van der Waals surface area contributed by atoms with Crippen molar-refractivity contribution in [3.63, 3.8) is 0 Å². The van der Waals surface area contributed by atoms with Gasteiger partial charge in [-0.2, -0.15) is 5.10 Å². The van der Waals surface area contributed by atoms with E-state index in [0.717, 1.165) is 5.56 Å². The summed E-state index contributed by atoms with van der Waals surface area (Å²) in [6.45, 7) is 5.36. The highest BCUT2D eigenvalue weighted by Crippen LogP contribution is 2.08. The van der Waals surface area contributed by atoms with Gasteiger partial charge in [-0.25, -0.2) is 10.2 Å². The minimum atomic E-state index is -0.581. The Kier molecular flexibility index (Phi) is 4.52. The van der Waals surface area contributed by atoms with Gasteiger partial charge in [0.15, 0.2) is 0 Å². The van der Waals surface area contributed by atoms with Crippen molar-refractivity contribution >= 4 is 23.9 Å². The minimum absolute atomic E-state index is 0.528. The lowest BCUT2D eigenvalue weighted by atomic mass is 10.2. The van der Waals surface area contributed by atoms with Crippen molar-refractivity contribution in [2.24, 2.45) is 5.10 Å². The van der Waals surface area contributed by atoms with Gasteiger partial charge in [-0.1, -0.05) is 23.7 Å². The first-order chi connectivity index (χ1) is 7.87. The SMILES string of the molecule is CC(C)(C)OC(=O)N/N=C\c1ccc(Cl)cc1. The van der Waals surface area contributed by atoms with E-state index in [1.54, 1.807) is 45.0 Å². The van der Waals surface area contributed by atoms with E-state index in [1.807, 2.05) is 0 Å². The molecule has 1 aromatic carbocycles. The number of amides is 1. The Morgan fingerprint density at radius 2 is 1.94 bits per heavy atom. The first-order valence-electron chi connectivity index (χ1n) is 5.14. The van der Waals surface area contributed by atoms with Gasteiger partial charge in [-0.3, -0.25) is 0 Å². The van der Waals surface area contributed by atoms with Gasteiger partial charge in [0.25, 0.3) is 0 Å². The summed E-state index contributed by atoms with van der Waals surface area (Å²) in [6, 6.07) is 7.08. The van der Waals surface area contributed by atoms with E-state index >= 15 is 0 Å². The lowest BCUT2D eigenvalue weighted by Crippen LogP contribution is -2.29. The fourth-order valence-corrected chi connectivity index (χ4v) is 1.14. The summed E-state index contributed by atoms with van der Waals surface area (Å²) < 4.78 is 5.01. The van der Waals surface area contributed by atoms with Crippen LogP contribution in [0.2, 0.25) is 5.02 Å². The lowest BCUT2D eigenvalue weighted by Gasteiger charge is -2.18. The molecule has 0 aliphatic carbocycles. The third kappa shape index (κ3) is 5.92. The number of hydrogen-bond acceptors (Lipinski definition) is 3. The van der Waals surface area contributed by atoms with Crippen molar-refractivity contribution in [3.05, 3.63) is 34.9 Å². The van der Waals surface area contributed by atoms with Crippen molar-refractivity contribution in [1.82, 2.24) is 5.43 Å². The summed E-state index contributed by atoms with van der Waals surface area (Å²) in [4.78, 5) is 11.2. The van der Waals surface area contributed by atoms with E-state index in [-0.39, 0.29) is 0 Å². The van der Waals surface area contributed by atoms with Gasteiger partial charge in [0.1, 0.15) is 5.60 Å². The van der Waals surface area contributed by atoms with Crippen LogP contribution in [0.3, 0.4) is 0 Å². The van der Waals surface area contributed by atoms with Crippen molar-refractivity contribution in [3.8, 4) is 0 Å². The summed E-state index contributed by atoms with van der Waals surface area (Å²) in [5.74, 6) is 0. The van der Waals surface area contributed by atoms with Crippen LogP contribution in [0.25, 0.3) is 0 Å². The standard InChI is InChI=1S/C12H15ClN2O2/c1-12(2,3)17-11(16)15-14-8-9-4-6-10(13)7-5-9/h4-8H,1-3H3,(H,15,16)/b14-8-. The van der Waals surface area contributed by atoms with Gasteiger partial charge in [0.05, 0.1) is 6.21 Å². The van der Waals surface area contributed by atoms with Crippen LogP contribution in [-0.4, -0.2) is 17.9 Å². The second-order valence-electron chi connectivity index (χ2n) is 4.42. The highest BCUT2D eigenvalue weighted by Gasteiger charge is 2.15. The smallest absolute Gasteiger partial charge is 0.428 e. The average Bonchev–Trinajstić information content (AvgIpc) is 2.18. The average molecular weight is 255 g/mol. The first-order valence-corrected chi connectivity index (χ1v) is 5.52. The fraction of sp³-hybridized carbons (Fsp3) is 0.333. The molecular weight excluding hydrogens is 240 g/mol. The quantitative estimate of drug-likeness (QED) is 0.651. The van der Waals surface area contributed by atoms with Gasteiger partial charge in [-0.15, -0.1) is 0 Å². The molecule has 0 aliphatic rings. The third-order valence-corrected chi connectivity index (χ3v) is 1.89. The number of carbonyl (C=O) groups excluding carboxylic acids is 1. The summed E-state index contributed by atoms with van der Waals surface area (Å²) in [6.07, 6.45) is 0.933. The molecule has 17 heavy (non-hydrogen) atoms. The molecule has 0 atom stereocenters. The van der Waals surface area contributed by atoms with E-state index in [0.29, 0.717) is 5.02 Å². The zero-order valence-corrected chi connectivity index (χ0v) is 10.8. The van der Waals surface area contributed by atoms with E-state index in [1.165, 1.54) is 6.21 Å². The first kappa shape index (κ1) is 13.5. The molecule has 1 N–H and O–H groups in total. The van der Waals surface area contributed by atoms with E-state index < -0.39 is 11.7 Å². The van der Waals surface area contributed by atoms with E-state index in [2.05, 4.69) is 10.5 Å². The number of nitrogens with one attached hydrogen (secondary N) is 1. The molecule has 0 bridgehead atoms. The molecule has 0 saturated heterocycles. The normalized spacial score (nSPS) is 11.5. The Balaban J connectivity index is 2.45. The van der Waals surface area contributed by atoms with Crippen LogP contribution in [-0.2, 0) is 4.74 Å². The second kappa shape index (κ2) is 5.68.